The van der Waals surface area contributed by atoms with Gasteiger partial charge in [0.2, 0.25) is 0 Å². The molecule has 0 fully saturated rings. The van der Waals surface area contributed by atoms with Gasteiger partial charge in [-0.05, 0) is 67.3 Å². The number of fused-ring (bicyclic) bond motifs is 1. The Balaban J connectivity index is 1.58. The molecule has 1 atom stereocenters. The minimum Gasteiger partial charge on any atom is -0.459 e. The van der Waals surface area contributed by atoms with Crippen molar-refractivity contribution in [1.29, 1.82) is 0 Å². The van der Waals surface area contributed by atoms with Crippen LogP contribution in [-0.4, -0.2) is 68.1 Å². The fourth-order valence-electron chi connectivity index (χ4n) is 3.96. The maximum atomic E-state index is 13.0. The summed E-state index contributed by atoms with van der Waals surface area (Å²) >= 11 is 0. The number of carbonyl (C=O) groups is 3. The maximum Gasteiger partial charge on any atom is 0.492 e. The molecule has 0 aliphatic carbocycles. The van der Waals surface area contributed by atoms with Gasteiger partial charge >= 0.3 is 13.1 Å². The molecule has 0 bridgehead atoms. The van der Waals surface area contributed by atoms with Crippen molar-refractivity contribution in [2.75, 3.05) is 27.2 Å². The molecule has 9 nitrogen and oxygen atoms in total. The Bertz CT molecular complexity index is 1100. The number of ether oxygens (including phenoxy) is 1. The third-order valence-electron chi connectivity index (χ3n) is 6.14. The lowest BCUT2D eigenvalue weighted by Crippen LogP contribution is -2.46. The van der Waals surface area contributed by atoms with Gasteiger partial charge in [-0.1, -0.05) is 32.0 Å². The number of esters is 1. The van der Waals surface area contributed by atoms with Gasteiger partial charge in [0.25, 0.3) is 11.8 Å². The predicted molar refractivity (Wildman–Crippen MR) is 137 cm³/mol. The third-order valence-corrected chi connectivity index (χ3v) is 6.14. The van der Waals surface area contributed by atoms with Crippen LogP contribution in [0.1, 0.15) is 51.3 Å². The molecule has 1 heterocycles. The second-order valence-corrected chi connectivity index (χ2v) is 9.53. The standard InChI is InChI=1S/C26H34BN3O6/c1-16(2)23(29-25(32)21-11-10-20-15-36-27(34)22(20)17(21)3)26(33)35-14-18-6-8-19(9-7-18)24(31)28-12-13-30(4)5/h6-11,16,23,34H,12-15H2,1-5H3,(H,28,31)(H,29,32). The molecule has 192 valence electrons. The quantitative estimate of drug-likeness (QED) is 0.333. The van der Waals surface area contributed by atoms with Gasteiger partial charge in [0.15, 0.2) is 0 Å². The van der Waals surface area contributed by atoms with Crippen molar-refractivity contribution in [3.05, 3.63) is 64.2 Å². The summed E-state index contributed by atoms with van der Waals surface area (Å²) in [6.45, 7) is 7.00. The second kappa shape index (κ2) is 12.2. The van der Waals surface area contributed by atoms with Crippen LogP contribution in [0.2, 0.25) is 0 Å². The van der Waals surface area contributed by atoms with Crippen LogP contribution in [0.4, 0.5) is 0 Å². The Hall–Kier alpha value is -3.21. The Morgan fingerprint density at radius 1 is 1.11 bits per heavy atom. The van der Waals surface area contributed by atoms with Crippen LogP contribution in [0.5, 0.6) is 0 Å². The molecule has 0 aromatic heterocycles. The van der Waals surface area contributed by atoms with Gasteiger partial charge in [-0.2, -0.15) is 0 Å². The molecule has 2 aromatic carbocycles. The monoisotopic (exact) mass is 495 g/mol. The van der Waals surface area contributed by atoms with E-state index in [4.69, 9.17) is 9.39 Å². The molecule has 1 aliphatic rings. The number of hydrogen-bond acceptors (Lipinski definition) is 7. The van der Waals surface area contributed by atoms with E-state index in [2.05, 4.69) is 10.6 Å². The van der Waals surface area contributed by atoms with Crippen LogP contribution in [0, 0.1) is 12.8 Å². The topological polar surface area (TPSA) is 117 Å². The Labute approximate surface area is 212 Å². The van der Waals surface area contributed by atoms with E-state index in [9.17, 15) is 19.4 Å². The molecule has 1 unspecified atom stereocenters. The third kappa shape index (κ3) is 6.72. The molecule has 36 heavy (non-hydrogen) atoms. The molecule has 0 spiro atoms. The smallest absolute Gasteiger partial charge is 0.459 e. The largest absolute Gasteiger partial charge is 0.492 e. The number of nitrogens with zero attached hydrogens (tertiary/aromatic N) is 1. The van der Waals surface area contributed by atoms with Gasteiger partial charge < -0.3 is 29.9 Å². The van der Waals surface area contributed by atoms with Gasteiger partial charge in [-0.15, -0.1) is 0 Å². The van der Waals surface area contributed by atoms with Crippen molar-refractivity contribution >= 4 is 30.4 Å². The molecule has 0 radical (unpaired) electrons. The lowest BCUT2D eigenvalue weighted by atomic mass is 9.75. The van der Waals surface area contributed by atoms with Crippen molar-refractivity contribution < 1.29 is 28.8 Å². The number of carbonyl (C=O) groups excluding carboxylic acids is 3. The number of amides is 2. The molecular weight excluding hydrogens is 461 g/mol. The molecule has 2 amide bonds. The van der Waals surface area contributed by atoms with Crippen molar-refractivity contribution in [3.8, 4) is 0 Å². The van der Waals surface area contributed by atoms with Gasteiger partial charge in [-0.3, -0.25) is 9.59 Å². The van der Waals surface area contributed by atoms with Crippen molar-refractivity contribution in [1.82, 2.24) is 15.5 Å². The predicted octanol–water partition coefficient (Wildman–Crippen LogP) is 1.00. The summed E-state index contributed by atoms with van der Waals surface area (Å²) in [6.07, 6.45) is 0. The average Bonchev–Trinajstić information content (AvgIpc) is 3.22. The first-order valence-corrected chi connectivity index (χ1v) is 12.0. The first-order valence-electron chi connectivity index (χ1n) is 12.0. The van der Waals surface area contributed by atoms with Crippen molar-refractivity contribution in [2.24, 2.45) is 5.92 Å². The highest BCUT2D eigenvalue weighted by Crippen LogP contribution is 2.17. The zero-order valence-corrected chi connectivity index (χ0v) is 21.5. The van der Waals surface area contributed by atoms with Crippen LogP contribution < -0.4 is 16.1 Å². The number of hydrogen-bond donors (Lipinski definition) is 3. The number of nitrogens with one attached hydrogen (secondary N) is 2. The minimum absolute atomic E-state index is 0.0157. The molecule has 0 saturated heterocycles. The van der Waals surface area contributed by atoms with E-state index in [0.717, 1.165) is 17.7 Å². The Morgan fingerprint density at radius 2 is 1.81 bits per heavy atom. The van der Waals surface area contributed by atoms with E-state index in [0.29, 0.717) is 35.3 Å². The SMILES string of the molecule is Cc1c(C(=O)NC(C(=O)OCc2ccc(C(=O)NCCN(C)C)cc2)C(C)C)ccc2c1B(O)OC2. The van der Waals surface area contributed by atoms with Gasteiger partial charge in [0, 0.05) is 24.2 Å². The number of benzene rings is 2. The molecule has 1 aliphatic heterocycles. The van der Waals surface area contributed by atoms with Crippen molar-refractivity contribution in [3.63, 3.8) is 0 Å². The second-order valence-electron chi connectivity index (χ2n) is 9.53. The Kier molecular flexibility index (Phi) is 9.25. The first kappa shape index (κ1) is 27.4. The van der Waals surface area contributed by atoms with Gasteiger partial charge in [0.05, 0.1) is 6.61 Å². The summed E-state index contributed by atoms with van der Waals surface area (Å²) in [5.74, 6) is -1.34. The summed E-state index contributed by atoms with van der Waals surface area (Å²) in [4.78, 5) is 40.0. The highest BCUT2D eigenvalue weighted by Gasteiger charge is 2.32. The van der Waals surface area contributed by atoms with Crippen LogP contribution in [-0.2, 0) is 27.4 Å². The summed E-state index contributed by atoms with van der Waals surface area (Å²) in [7, 11) is 2.81. The molecule has 3 N–H and O–H groups in total. The van der Waals surface area contributed by atoms with Crippen LogP contribution >= 0.6 is 0 Å². The van der Waals surface area contributed by atoms with Gasteiger partial charge in [0.1, 0.15) is 12.6 Å². The van der Waals surface area contributed by atoms with E-state index in [1.807, 2.05) is 32.8 Å². The van der Waals surface area contributed by atoms with Crippen LogP contribution in [0.25, 0.3) is 0 Å². The molecule has 0 saturated carbocycles. The lowest BCUT2D eigenvalue weighted by Gasteiger charge is -2.22. The molecule has 3 rings (SSSR count). The van der Waals surface area contributed by atoms with Gasteiger partial charge in [-0.25, -0.2) is 4.79 Å². The fraction of sp³-hybridized carbons (Fsp3) is 0.423. The van der Waals surface area contributed by atoms with E-state index >= 15 is 0 Å². The molecule has 2 aromatic rings. The fourth-order valence-corrected chi connectivity index (χ4v) is 3.96. The zero-order chi connectivity index (χ0) is 26.4. The highest BCUT2D eigenvalue weighted by atomic mass is 16.5. The molecular formula is C26H34BN3O6. The molecule has 10 heteroatoms. The zero-order valence-electron chi connectivity index (χ0n) is 21.5. The number of likely N-dealkylation sites (N-methyl/N-ethyl adjacent to an activating group) is 1. The summed E-state index contributed by atoms with van der Waals surface area (Å²) < 4.78 is 10.7. The summed E-state index contributed by atoms with van der Waals surface area (Å²) in [5, 5.41) is 15.7. The average molecular weight is 495 g/mol. The maximum absolute atomic E-state index is 13.0. The normalized spacial score (nSPS) is 13.5. The Morgan fingerprint density at radius 3 is 2.44 bits per heavy atom. The minimum atomic E-state index is -1.06. The van der Waals surface area contributed by atoms with E-state index < -0.39 is 25.0 Å². The first-order chi connectivity index (χ1) is 17.1. The van der Waals surface area contributed by atoms with E-state index in [-0.39, 0.29) is 18.4 Å². The van der Waals surface area contributed by atoms with E-state index in [1.165, 1.54) is 0 Å². The number of rotatable bonds is 10. The lowest BCUT2D eigenvalue weighted by molar-refractivity contribution is -0.148. The van der Waals surface area contributed by atoms with Crippen LogP contribution in [0.15, 0.2) is 36.4 Å². The van der Waals surface area contributed by atoms with Crippen LogP contribution in [0.3, 0.4) is 0 Å². The summed E-state index contributed by atoms with van der Waals surface area (Å²) in [6, 6.07) is 9.41. The van der Waals surface area contributed by atoms with Crippen molar-refractivity contribution in [2.45, 2.75) is 40.0 Å². The van der Waals surface area contributed by atoms with E-state index in [1.54, 1.807) is 43.3 Å². The highest BCUT2D eigenvalue weighted by molar-refractivity contribution is 6.62. The summed E-state index contributed by atoms with van der Waals surface area (Å²) in [5.41, 5.74) is 3.68.